The molecular weight excluding hydrogens is 304 g/mol. The fourth-order valence-corrected chi connectivity index (χ4v) is 3.12. The van der Waals surface area contributed by atoms with E-state index in [2.05, 4.69) is 20.5 Å². The number of likely N-dealkylation sites (tertiary alicyclic amines) is 1. The van der Waals surface area contributed by atoms with Crippen LogP contribution >= 0.6 is 0 Å². The summed E-state index contributed by atoms with van der Waals surface area (Å²) in [5.41, 5.74) is 1.03. The Balaban J connectivity index is 1.55. The number of nitrogens with zero attached hydrogens (tertiary/aromatic N) is 2. The summed E-state index contributed by atoms with van der Waals surface area (Å²) in [6, 6.07) is 7.52. The van der Waals surface area contributed by atoms with Crippen LogP contribution in [0, 0.1) is 0 Å². The smallest absolute Gasteiger partial charge is 0.315 e. The first-order chi connectivity index (χ1) is 11.7. The Morgan fingerprint density at radius 2 is 2.04 bits per heavy atom. The molecule has 6 nitrogen and oxygen atoms in total. The second-order valence-corrected chi connectivity index (χ2v) is 6.13. The number of amides is 2. The van der Waals surface area contributed by atoms with E-state index in [1.807, 2.05) is 31.2 Å². The molecule has 0 aliphatic carbocycles. The third kappa shape index (κ3) is 4.14. The van der Waals surface area contributed by atoms with Crippen LogP contribution in [0.15, 0.2) is 47.3 Å². The SMILES string of the molecule is C[C@@H](NC(=O)NC[C@H](c1ccco1)N1CCCC1)c1ccncc1. The summed E-state index contributed by atoms with van der Waals surface area (Å²) in [7, 11) is 0. The highest BCUT2D eigenvalue weighted by atomic mass is 16.3. The maximum absolute atomic E-state index is 12.2. The second kappa shape index (κ2) is 7.97. The molecule has 0 aromatic carbocycles. The second-order valence-electron chi connectivity index (χ2n) is 6.13. The van der Waals surface area contributed by atoms with Crippen molar-refractivity contribution in [1.29, 1.82) is 0 Å². The average molecular weight is 328 g/mol. The van der Waals surface area contributed by atoms with Crippen LogP contribution in [-0.2, 0) is 0 Å². The van der Waals surface area contributed by atoms with Gasteiger partial charge in [-0.3, -0.25) is 9.88 Å². The Kier molecular flexibility index (Phi) is 5.48. The van der Waals surface area contributed by atoms with Crippen LogP contribution in [0.3, 0.4) is 0 Å². The zero-order valence-electron chi connectivity index (χ0n) is 13.9. The molecule has 2 atom stereocenters. The van der Waals surface area contributed by atoms with Gasteiger partial charge in [-0.25, -0.2) is 4.79 Å². The summed E-state index contributed by atoms with van der Waals surface area (Å²) in [5, 5.41) is 5.94. The predicted octanol–water partition coefficient (Wildman–Crippen LogP) is 2.87. The van der Waals surface area contributed by atoms with Gasteiger partial charge in [-0.05, 0) is 62.7 Å². The Hall–Kier alpha value is -2.34. The summed E-state index contributed by atoms with van der Waals surface area (Å²) in [4.78, 5) is 18.6. The van der Waals surface area contributed by atoms with Crippen LogP contribution in [0.25, 0.3) is 0 Å². The molecule has 2 N–H and O–H groups in total. The third-order valence-corrected chi connectivity index (χ3v) is 4.46. The molecule has 0 saturated carbocycles. The molecule has 1 saturated heterocycles. The van der Waals surface area contributed by atoms with E-state index in [-0.39, 0.29) is 18.1 Å². The van der Waals surface area contributed by atoms with E-state index in [1.165, 1.54) is 12.8 Å². The number of carbonyl (C=O) groups excluding carboxylic acids is 1. The molecular formula is C18H24N4O2. The van der Waals surface area contributed by atoms with Crippen LogP contribution < -0.4 is 10.6 Å². The summed E-state index contributed by atoms with van der Waals surface area (Å²) >= 11 is 0. The van der Waals surface area contributed by atoms with E-state index in [9.17, 15) is 4.79 Å². The summed E-state index contributed by atoms with van der Waals surface area (Å²) in [5.74, 6) is 0.902. The van der Waals surface area contributed by atoms with Crippen molar-refractivity contribution in [2.45, 2.75) is 31.8 Å². The largest absolute Gasteiger partial charge is 0.468 e. The van der Waals surface area contributed by atoms with E-state index in [0.29, 0.717) is 6.54 Å². The number of pyridine rings is 1. The molecule has 2 amide bonds. The summed E-state index contributed by atoms with van der Waals surface area (Å²) < 4.78 is 5.57. The highest BCUT2D eigenvalue weighted by Gasteiger charge is 2.26. The number of aromatic nitrogens is 1. The molecule has 1 aliphatic rings. The molecule has 1 fully saturated rings. The highest BCUT2D eigenvalue weighted by Crippen LogP contribution is 2.24. The maximum Gasteiger partial charge on any atom is 0.315 e. The third-order valence-electron chi connectivity index (χ3n) is 4.46. The van der Waals surface area contributed by atoms with Gasteiger partial charge in [-0.1, -0.05) is 0 Å². The van der Waals surface area contributed by atoms with Crippen LogP contribution in [0.4, 0.5) is 4.79 Å². The van der Waals surface area contributed by atoms with E-state index in [0.717, 1.165) is 24.4 Å². The van der Waals surface area contributed by atoms with Gasteiger partial charge in [0.2, 0.25) is 0 Å². The highest BCUT2D eigenvalue weighted by molar-refractivity contribution is 5.74. The quantitative estimate of drug-likeness (QED) is 0.855. The first-order valence-electron chi connectivity index (χ1n) is 8.46. The lowest BCUT2D eigenvalue weighted by Crippen LogP contribution is -2.42. The topological polar surface area (TPSA) is 70.4 Å². The average Bonchev–Trinajstić information content (AvgIpc) is 3.30. The fourth-order valence-electron chi connectivity index (χ4n) is 3.12. The first kappa shape index (κ1) is 16.5. The van der Waals surface area contributed by atoms with Crippen LogP contribution in [0.1, 0.15) is 43.2 Å². The van der Waals surface area contributed by atoms with Gasteiger partial charge in [0, 0.05) is 18.9 Å². The summed E-state index contributed by atoms with van der Waals surface area (Å²) in [6.07, 6.45) is 7.53. The minimum absolute atomic E-state index is 0.0677. The van der Waals surface area contributed by atoms with E-state index in [4.69, 9.17) is 4.42 Å². The lowest BCUT2D eigenvalue weighted by atomic mass is 10.1. The van der Waals surface area contributed by atoms with Crippen molar-refractivity contribution in [1.82, 2.24) is 20.5 Å². The van der Waals surface area contributed by atoms with E-state index < -0.39 is 0 Å². The fraction of sp³-hybridized carbons (Fsp3) is 0.444. The van der Waals surface area contributed by atoms with E-state index in [1.54, 1.807) is 18.7 Å². The monoisotopic (exact) mass is 328 g/mol. The lowest BCUT2D eigenvalue weighted by molar-refractivity contribution is 0.202. The Labute approximate surface area is 142 Å². The number of furan rings is 1. The number of nitrogens with one attached hydrogen (secondary N) is 2. The summed E-state index contributed by atoms with van der Waals surface area (Å²) in [6.45, 7) is 4.58. The van der Waals surface area contributed by atoms with Gasteiger partial charge < -0.3 is 15.1 Å². The lowest BCUT2D eigenvalue weighted by Gasteiger charge is -2.26. The zero-order chi connectivity index (χ0) is 16.8. The molecule has 0 radical (unpaired) electrons. The van der Waals surface area contributed by atoms with Crippen molar-refractivity contribution in [3.8, 4) is 0 Å². The molecule has 0 unspecified atom stereocenters. The maximum atomic E-state index is 12.2. The molecule has 1 aliphatic heterocycles. The Morgan fingerprint density at radius 3 is 2.71 bits per heavy atom. The van der Waals surface area contributed by atoms with Gasteiger partial charge >= 0.3 is 6.03 Å². The van der Waals surface area contributed by atoms with Gasteiger partial charge in [0.15, 0.2) is 0 Å². The van der Waals surface area contributed by atoms with Crippen molar-refractivity contribution in [2.24, 2.45) is 0 Å². The number of hydrogen-bond donors (Lipinski definition) is 2. The van der Waals surface area contributed by atoms with Crippen molar-refractivity contribution < 1.29 is 9.21 Å². The molecule has 3 rings (SSSR count). The zero-order valence-corrected chi connectivity index (χ0v) is 13.9. The standard InChI is InChI=1S/C18H24N4O2/c1-14(15-6-8-19-9-7-15)21-18(23)20-13-16(17-5-4-12-24-17)22-10-2-3-11-22/h4-9,12,14,16H,2-3,10-11,13H2,1H3,(H2,20,21,23)/t14-,16-/m1/s1. The van der Waals surface area contributed by atoms with Gasteiger partial charge in [-0.2, -0.15) is 0 Å². The van der Waals surface area contributed by atoms with E-state index >= 15 is 0 Å². The molecule has 3 heterocycles. The van der Waals surface area contributed by atoms with Gasteiger partial charge in [0.25, 0.3) is 0 Å². The predicted molar refractivity (Wildman–Crippen MR) is 91.4 cm³/mol. The van der Waals surface area contributed by atoms with Gasteiger partial charge in [-0.15, -0.1) is 0 Å². The normalized spacial score (nSPS) is 17.4. The van der Waals surface area contributed by atoms with Crippen LogP contribution in [-0.4, -0.2) is 35.5 Å². The number of rotatable bonds is 6. The van der Waals surface area contributed by atoms with Gasteiger partial charge in [0.05, 0.1) is 18.3 Å². The molecule has 2 aromatic rings. The Bertz CT molecular complexity index is 624. The molecule has 0 spiro atoms. The van der Waals surface area contributed by atoms with Crippen molar-refractivity contribution >= 4 is 6.03 Å². The molecule has 6 heteroatoms. The van der Waals surface area contributed by atoms with Gasteiger partial charge in [0.1, 0.15) is 5.76 Å². The number of carbonyl (C=O) groups is 1. The first-order valence-corrected chi connectivity index (χ1v) is 8.46. The van der Waals surface area contributed by atoms with Crippen LogP contribution in [0.2, 0.25) is 0 Å². The molecule has 0 bridgehead atoms. The Morgan fingerprint density at radius 1 is 1.29 bits per heavy atom. The van der Waals surface area contributed by atoms with Crippen LogP contribution in [0.5, 0.6) is 0 Å². The van der Waals surface area contributed by atoms with Crippen molar-refractivity contribution in [3.05, 3.63) is 54.2 Å². The van der Waals surface area contributed by atoms with Crippen molar-refractivity contribution in [2.75, 3.05) is 19.6 Å². The van der Waals surface area contributed by atoms with Crippen molar-refractivity contribution in [3.63, 3.8) is 0 Å². The number of urea groups is 1. The molecule has 128 valence electrons. The minimum atomic E-state index is -0.171. The minimum Gasteiger partial charge on any atom is -0.468 e. The number of hydrogen-bond acceptors (Lipinski definition) is 4. The molecule has 24 heavy (non-hydrogen) atoms. The molecule has 2 aromatic heterocycles.